The number of guanidine groups is 1. The average Bonchev–Trinajstić information content (AvgIpc) is 2.21. The van der Waals surface area contributed by atoms with Crippen LogP contribution in [0.2, 0.25) is 0 Å². The predicted octanol–water partition coefficient (Wildman–Crippen LogP) is -2.19. The molecule has 19 heavy (non-hydrogen) atoms. The van der Waals surface area contributed by atoms with E-state index in [-0.39, 0.29) is 18.9 Å². The van der Waals surface area contributed by atoms with Crippen molar-refractivity contribution in [3.05, 3.63) is 10.1 Å². The van der Waals surface area contributed by atoms with E-state index in [1.54, 1.807) is 0 Å². The van der Waals surface area contributed by atoms with Gasteiger partial charge in [-0.3, -0.25) is 4.79 Å². The third-order valence-corrected chi connectivity index (χ3v) is 1.52. The van der Waals surface area contributed by atoms with Crippen LogP contribution in [-0.4, -0.2) is 45.9 Å². The summed E-state index contributed by atoms with van der Waals surface area (Å²) in [7, 11) is 0. The number of rotatable bonds is 5. The molecule has 12 heteroatoms. The summed E-state index contributed by atoms with van der Waals surface area (Å²) < 4.78 is 0. The van der Waals surface area contributed by atoms with Crippen LogP contribution in [0.5, 0.6) is 0 Å². The van der Waals surface area contributed by atoms with Crippen molar-refractivity contribution in [3.8, 4) is 0 Å². The second-order valence-corrected chi connectivity index (χ2v) is 3.09. The van der Waals surface area contributed by atoms with E-state index in [0.29, 0.717) is 6.42 Å². The minimum absolute atomic E-state index is 0.274. The molecule has 2 amide bonds. The molecule has 1 atom stereocenters. The zero-order valence-corrected chi connectivity index (χ0v) is 9.85. The highest BCUT2D eigenvalue weighted by Crippen LogP contribution is 1.93. The van der Waals surface area contributed by atoms with Crippen LogP contribution in [0.1, 0.15) is 12.8 Å². The molecule has 0 bridgehead atoms. The molecule has 0 fully saturated rings. The van der Waals surface area contributed by atoms with E-state index in [9.17, 15) is 9.59 Å². The minimum Gasteiger partial charge on any atom is -0.480 e. The van der Waals surface area contributed by atoms with E-state index in [1.165, 1.54) is 0 Å². The van der Waals surface area contributed by atoms with E-state index in [2.05, 4.69) is 10.3 Å². The lowest BCUT2D eigenvalue weighted by Gasteiger charge is -2.05. The number of carboxylic acids is 1. The van der Waals surface area contributed by atoms with Crippen LogP contribution in [0, 0.1) is 10.1 Å². The molecular weight excluding hydrogens is 264 g/mol. The Bertz CT molecular complexity index is 337. The van der Waals surface area contributed by atoms with Crippen LogP contribution in [0.4, 0.5) is 4.79 Å². The van der Waals surface area contributed by atoms with Crippen LogP contribution in [0.25, 0.3) is 0 Å². The number of hydrogen-bond acceptors (Lipinski definition) is 5. The maximum Gasteiger partial charge on any atom is 0.344 e. The fourth-order valence-corrected chi connectivity index (χ4v) is 0.798. The van der Waals surface area contributed by atoms with Crippen LogP contribution in [0.15, 0.2) is 4.99 Å². The van der Waals surface area contributed by atoms with E-state index in [4.69, 9.17) is 37.6 Å². The number of hydrogen-bond donors (Lipinski definition) is 6. The van der Waals surface area contributed by atoms with E-state index in [1.807, 2.05) is 0 Å². The molecule has 0 unspecified atom stereocenters. The molecule has 0 aliphatic heterocycles. The smallest absolute Gasteiger partial charge is 0.344 e. The first-order valence-corrected chi connectivity index (χ1v) is 4.86. The maximum atomic E-state index is 10.8. The van der Waals surface area contributed by atoms with Gasteiger partial charge in [0.15, 0.2) is 5.96 Å². The zero-order chi connectivity index (χ0) is 15.4. The van der Waals surface area contributed by atoms with Gasteiger partial charge in [-0.15, -0.1) is 10.1 Å². The Hall–Kier alpha value is -2.63. The highest BCUT2D eigenvalue weighted by Gasteiger charge is 2.10. The summed E-state index contributed by atoms with van der Waals surface area (Å²) in [6, 6.07) is -1.57. The first-order chi connectivity index (χ1) is 8.66. The summed E-state index contributed by atoms with van der Waals surface area (Å²) in [5.74, 6) is -1.39. The molecule has 0 aliphatic carbocycles. The van der Waals surface area contributed by atoms with Gasteiger partial charge in [-0.2, -0.15) is 4.99 Å². The molecule has 0 aliphatic rings. The molecule has 0 aromatic heterocycles. The van der Waals surface area contributed by atoms with Gasteiger partial charge in [0, 0.05) is 6.54 Å². The average molecular weight is 280 g/mol. The number of carboxylic acid groups (broad SMARTS) is 1. The summed E-state index contributed by atoms with van der Waals surface area (Å²) in [6.07, 6.45) is 0.719. The zero-order valence-electron chi connectivity index (χ0n) is 9.85. The van der Waals surface area contributed by atoms with Crippen molar-refractivity contribution in [3.63, 3.8) is 0 Å². The number of nitrogens with two attached hydrogens (primary N) is 3. The third-order valence-electron chi connectivity index (χ3n) is 1.52. The largest absolute Gasteiger partial charge is 0.480 e. The van der Waals surface area contributed by atoms with Crippen molar-refractivity contribution in [2.75, 3.05) is 6.54 Å². The summed E-state index contributed by atoms with van der Waals surface area (Å²) in [5.41, 5.74) is 15.1. The molecule has 0 spiro atoms. The van der Waals surface area contributed by atoms with Gasteiger partial charge in [-0.05, 0) is 12.8 Å². The molecule has 0 saturated carbocycles. The Balaban J connectivity index is 0. The lowest BCUT2D eigenvalue weighted by molar-refractivity contribution is -0.742. The number of amides is 2. The molecule has 0 aromatic carbocycles. The Morgan fingerprint density at radius 3 is 2.26 bits per heavy atom. The summed E-state index contributed by atoms with van der Waals surface area (Å²) in [6.45, 7) is 0.274. The molecule has 0 saturated heterocycles. The van der Waals surface area contributed by atoms with Gasteiger partial charge in [-0.1, -0.05) is 0 Å². The van der Waals surface area contributed by atoms with Crippen molar-refractivity contribution in [1.29, 1.82) is 0 Å². The maximum absolute atomic E-state index is 10.8. The molecule has 9 N–H and O–H groups in total. The predicted molar refractivity (Wildman–Crippen MR) is 62.8 cm³/mol. The van der Waals surface area contributed by atoms with Gasteiger partial charge in [0.25, 0.3) is 5.09 Å². The molecule has 110 valence electrons. The number of aliphatic imine (C=N–C) groups is 1. The third kappa shape index (κ3) is 18.0. The summed E-state index contributed by atoms with van der Waals surface area (Å²) in [5, 5.41) is 24.5. The van der Waals surface area contributed by atoms with Crippen LogP contribution in [0.3, 0.4) is 0 Å². The SMILES string of the molecule is NC(N)=NC(=O)NCCC[C@H](N)C(=O)O.O=[N+]([O-])O. The molecule has 0 rings (SSSR count). The number of urea groups is 1. The van der Waals surface area contributed by atoms with Gasteiger partial charge in [0.2, 0.25) is 0 Å². The van der Waals surface area contributed by atoms with Crippen molar-refractivity contribution < 1.29 is 25.0 Å². The number of nitrogens with one attached hydrogen (secondary N) is 1. The normalized spacial score (nSPS) is 10.4. The Labute approximate surface area is 107 Å². The summed E-state index contributed by atoms with van der Waals surface area (Å²) >= 11 is 0. The number of aliphatic carboxylic acids is 1. The standard InChI is InChI=1S/C7H15N5O3.HNO3/c8-4(5(13)14)2-1-3-11-7(15)12-6(9)10;2-1(3)4/h4H,1-3,8H2,(H,13,14)(H5,9,10,11,12,15);(H,2,3,4)/t4-;/m0./s1. The number of carbonyl (C=O) groups is 2. The molecule has 0 radical (unpaired) electrons. The first kappa shape index (κ1) is 18.7. The van der Waals surface area contributed by atoms with Gasteiger partial charge >= 0.3 is 12.0 Å². The van der Waals surface area contributed by atoms with E-state index in [0.717, 1.165) is 0 Å². The van der Waals surface area contributed by atoms with Crippen molar-refractivity contribution in [2.24, 2.45) is 22.2 Å². The monoisotopic (exact) mass is 280 g/mol. The van der Waals surface area contributed by atoms with E-state index >= 15 is 0 Å². The highest BCUT2D eigenvalue weighted by atomic mass is 16.9. The second kappa shape index (κ2) is 10.5. The van der Waals surface area contributed by atoms with Gasteiger partial charge in [0.05, 0.1) is 0 Å². The highest BCUT2D eigenvalue weighted by molar-refractivity contribution is 5.90. The molecule has 0 heterocycles. The minimum atomic E-state index is -1.50. The lowest BCUT2D eigenvalue weighted by atomic mass is 10.2. The molecule has 12 nitrogen and oxygen atoms in total. The number of carbonyl (C=O) groups excluding carboxylic acids is 1. The van der Waals surface area contributed by atoms with Crippen molar-refractivity contribution >= 4 is 18.0 Å². The van der Waals surface area contributed by atoms with Crippen LogP contribution in [-0.2, 0) is 4.79 Å². The van der Waals surface area contributed by atoms with Crippen molar-refractivity contribution in [1.82, 2.24) is 5.32 Å². The molecular formula is C7H16N6O6. The Kier molecular flexibility index (Phi) is 10.4. The summed E-state index contributed by atoms with van der Waals surface area (Å²) in [4.78, 5) is 32.7. The Morgan fingerprint density at radius 1 is 1.42 bits per heavy atom. The van der Waals surface area contributed by atoms with Gasteiger partial charge in [0.1, 0.15) is 6.04 Å². The van der Waals surface area contributed by atoms with Gasteiger partial charge in [-0.25, -0.2) is 4.79 Å². The topological polar surface area (TPSA) is 220 Å². The van der Waals surface area contributed by atoms with Gasteiger partial charge < -0.3 is 32.8 Å². The quantitative estimate of drug-likeness (QED) is 0.106. The van der Waals surface area contributed by atoms with Crippen LogP contribution < -0.4 is 22.5 Å². The van der Waals surface area contributed by atoms with Crippen molar-refractivity contribution in [2.45, 2.75) is 18.9 Å². The molecule has 0 aromatic rings. The number of nitrogens with zero attached hydrogens (tertiary/aromatic N) is 2. The fourth-order valence-electron chi connectivity index (χ4n) is 0.798. The van der Waals surface area contributed by atoms with E-state index < -0.39 is 23.1 Å². The second-order valence-electron chi connectivity index (χ2n) is 3.09. The van der Waals surface area contributed by atoms with Crippen LogP contribution >= 0.6 is 0 Å². The Morgan fingerprint density at radius 2 is 1.89 bits per heavy atom. The lowest BCUT2D eigenvalue weighted by Crippen LogP contribution is -2.32. The fraction of sp³-hybridized carbons (Fsp3) is 0.571. The first-order valence-electron chi connectivity index (χ1n) is 4.86.